The number of aryl methyl sites for hydroxylation is 1. The second-order valence-electron chi connectivity index (χ2n) is 6.45. The fraction of sp³-hybridized carbons (Fsp3) is 0.706. The minimum atomic E-state index is -5.08. The lowest BCUT2D eigenvalue weighted by molar-refractivity contribution is -0.192. The van der Waals surface area contributed by atoms with Gasteiger partial charge in [-0.1, -0.05) is 6.92 Å². The van der Waals surface area contributed by atoms with Gasteiger partial charge in [0.15, 0.2) is 5.69 Å². The third kappa shape index (κ3) is 8.26. The van der Waals surface area contributed by atoms with Crippen LogP contribution in [-0.4, -0.2) is 68.8 Å². The van der Waals surface area contributed by atoms with E-state index < -0.39 is 18.1 Å². The molecule has 0 spiro atoms. The summed E-state index contributed by atoms with van der Waals surface area (Å²) in [6.45, 7) is 5.73. The Labute approximate surface area is 160 Å². The zero-order valence-electron chi connectivity index (χ0n) is 15.9. The first-order chi connectivity index (χ1) is 13.0. The van der Waals surface area contributed by atoms with E-state index in [-0.39, 0.29) is 5.69 Å². The fourth-order valence-corrected chi connectivity index (χ4v) is 2.72. The molecule has 2 rings (SSSR count). The molecule has 1 unspecified atom stereocenters. The molecule has 1 aliphatic rings. The Kier molecular flexibility index (Phi) is 9.39. The highest BCUT2D eigenvalue weighted by atomic mass is 19.4. The van der Waals surface area contributed by atoms with Crippen molar-refractivity contribution in [3.05, 3.63) is 17.5 Å². The monoisotopic (exact) mass is 409 g/mol. The van der Waals surface area contributed by atoms with Gasteiger partial charge in [0, 0.05) is 26.7 Å². The molecule has 1 saturated heterocycles. The number of aromatic nitrogens is 2. The summed E-state index contributed by atoms with van der Waals surface area (Å²) in [7, 11) is 1.80. The summed E-state index contributed by atoms with van der Waals surface area (Å²) < 4.78 is 39.3. The Morgan fingerprint density at radius 1 is 1.29 bits per heavy atom. The molecule has 0 bridgehead atoms. The molecule has 2 heterocycles. The van der Waals surface area contributed by atoms with Crippen LogP contribution in [0.15, 0.2) is 6.07 Å². The highest BCUT2D eigenvalue weighted by Gasteiger charge is 2.38. The average Bonchev–Trinajstić information content (AvgIpc) is 2.82. The molecule has 11 heteroatoms. The maximum absolute atomic E-state index is 11.0. The number of alkyl halides is 3. The van der Waals surface area contributed by atoms with Crippen molar-refractivity contribution in [2.75, 3.05) is 19.7 Å². The molecule has 1 fully saturated rings. The lowest BCUT2D eigenvalue weighted by Crippen LogP contribution is -2.26. The molecular formula is C17H26F3N3O5. The van der Waals surface area contributed by atoms with E-state index in [0.717, 1.165) is 57.6 Å². The molecule has 0 aromatic carbocycles. The maximum atomic E-state index is 11.0. The first-order valence-electron chi connectivity index (χ1n) is 8.94. The fourth-order valence-electron chi connectivity index (χ4n) is 2.72. The van der Waals surface area contributed by atoms with E-state index in [0.29, 0.717) is 6.10 Å². The van der Waals surface area contributed by atoms with Gasteiger partial charge in [-0.15, -0.1) is 0 Å². The zero-order valence-corrected chi connectivity index (χ0v) is 15.9. The van der Waals surface area contributed by atoms with Crippen molar-refractivity contribution in [2.24, 2.45) is 7.05 Å². The molecule has 0 radical (unpaired) electrons. The number of aromatic carboxylic acids is 1. The number of ether oxygens (including phenoxy) is 1. The van der Waals surface area contributed by atoms with Gasteiger partial charge in [0.1, 0.15) is 0 Å². The zero-order chi connectivity index (χ0) is 21.3. The van der Waals surface area contributed by atoms with Crippen molar-refractivity contribution >= 4 is 11.9 Å². The van der Waals surface area contributed by atoms with E-state index in [9.17, 15) is 18.0 Å². The van der Waals surface area contributed by atoms with Gasteiger partial charge in [0.2, 0.25) is 0 Å². The third-order valence-corrected chi connectivity index (χ3v) is 4.15. The van der Waals surface area contributed by atoms with Crippen molar-refractivity contribution < 1.29 is 37.7 Å². The van der Waals surface area contributed by atoms with Gasteiger partial charge in [-0.05, 0) is 38.3 Å². The van der Waals surface area contributed by atoms with Crippen LogP contribution in [0.1, 0.15) is 48.8 Å². The second-order valence-corrected chi connectivity index (χ2v) is 6.45. The molecule has 1 aromatic rings. The van der Waals surface area contributed by atoms with Crippen LogP contribution < -0.4 is 0 Å². The summed E-state index contributed by atoms with van der Waals surface area (Å²) in [5.74, 6) is -3.73. The number of aliphatic carboxylic acids is 1. The summed E-state index contributed by atoms with van der Waals surface area (Å²) in [6, 6.07) is 1.66. The molecule has 1 atom stereocenters. The van der Waals surface area contributed by atoms with Crippen molar-refractivity contribution in [3.8, 4) is 0 Å². The molecule has 2 N–H and O–H groups in total. The molecule has 28 heavy (non-hydrogen) atoms. The van der Waals surface area contributed by atoms with Crippen molar-refractivity contribution in [1.82, 2.24) is 14.7 Å². The number of hydrogen-bond donors (Lipinski definition) is 2. The van der Waals surface area contributed by atoms with E-state index in [1.807, 2.05) is 0 Å². The van der Waals surface area contributed by atoms with Crippen molar-refractivity contribution in [1.29, 1.82) is 0 Å². The van der Waals surface area contributed by atoms with Crippen LogP contribution in [0.25, 0.3) is 0 Å². The number of halogens is 3. The number of hydrogen-bond acceptors (Lipinski definition) is 5. The van der Waals surface area contributed by atoms with Crippen LogP contribution in [0.3, 0.4) is 0 Å². The molecule has 8 nitrogen and oxygen atoms in total. The standard InChI is InChI=1S/C15H25N3O3.C2HF3O2/c1-3-9-21-13-5-4-7-18(8-6-13)11-12-10-14(15(19)20)16-17(12)2;3-2(4,5)1(6)7/h10,13H,3-9,11H2,1-2H3,(H,19,20);(H,6,7). The van der Waals surface area contributed by atoms with Gasteiger partial charge in [0.25, 0.3) is 0 Å². The second kappa shape index (κ2) is 11.0. The summed E-state index contributed by atoms with van der Waals surface area (Å²) in [5.41, 5.74) is 1.06. The number of nitrogens with zero attached hydrogens (tertiary/aromatic N) is 3. The topological polar surface area (TPSA) is 105 Å². The maximum Gasteiger partial charge on any atom is 0.490 e. The van der Waals surface area contributed by atoms with Gasteiger partial charge < -0.3 is 14.9 Å². The minimum absolute atomic E-state index is 0.117. The summed E-state index contributed by atoms with van der Waals surface area (Å²) in [6.07, 6.45) is -0.368. The van der Waals surface area contributed by atoms with E-state index in [2.05, 4.69) is 16.9 Å². The van der Waals surface area contributed by atoms with Crippen LogP contribution in [0, 0.1) is 0 Å². The van der Waals surface area contributed by atoms with Gasteiger partial charge in [-0.2, -0.15) is 18.3 Å². The highest BCUT2D eigenvalue weighted by Crippen LogP contribution is 2.17. The van der Waals surface area contributed by atoms with Crippen LogP contribution in [-0.2, 0) is 23.1 Å². The Morgan fingerprint density at radius 2 is 1.93 bits per heavy atom. The summed E-state index contributed by atoms with van der Waals surface area (Å²) in [5, 5.41) is 20.1. The normalized spacial score (nSPS) is 18.1. The van der Waals surface area contributed by atoms with E-state index >= 15 is 0 Å². The predicted octanol–water partition coefficient (Wildman–Crippen LogP) is 2.53. The third-order valence-electron chi connectivity index (χ3n) is 4.15. The van der Waals surface area contributed by atoms with Crippen molar-refractivity contribution in [2.45, 2.75) is 51.4 Å². The van der Waals surface area contributed by atoms with E-state index in [1.165, 1.54) is 0 Å². The number of carbonyl (C=O) groups is 2. The first kappa shape index (κ1) is 23.9. The predicted molar refractivity (Wildman–Crippen MR) is 93.0 cm³/mol. The van der Waals surface area contributed by atoms with Gasteiger partial charge >= 0.3 is 18.1 Å². The summed E-state index contributed by atoms with van der Waals surface area (Å²) >= 11 is 0. The smallest absolute Gasteiger partial charge is 0.476 e. The highest BCUT2D eigenvalue weighted by molar-refractivity contribution is 5.85. The molecule has 0 amide bonds. The quantitative estimate of drug-likeness (QED) is 0.744. The average molecular weight is 409 g/mol. The molecular weight excluding hydrogens is 383 g/mol. The van der Waals surface area contributed by atoms with Gasteiger partial charge in [-0.25, -0.2) is 9.59 Å². The first-order valence-corrected chi connectivity index (χ1v) is 8.94. The summed E-state index contributed by atoms with van der Waals surface area (Å²) in [4.78, 5) is 22.2. The largest absolute Gasteiger partial charge is 0.490 e. The molecule has 160 valence electrons. The lowest BCUT2D eigenvalue weighted by Gasteiger charge is -2.20. The van der Waals surface area contributed by atoms with Crippen LogP contribution in [0.2, 0.25) is 0 Å². The Balaban J connectivity index is 0.000000480. The van der Waals surface area contributed by atoms with Crippen LogP contribution >= 0.6 is 0 Å². The molecule has 0 saturated carbocycles. The van der Waals surface area contributed by atoms with Crippen LogP contribution in [0.5, 0.6) is 0 Å². The Bertz CT molecular complexity index is 648. The van der Waals surface area contributed by atoms with E-state index in [4.69, 9.17) is 19.7 Å². The Hall–Kier alpha value is -2.14. The number of carboxylic acids is 2. The number of carboxylic acid groups (broad SMARTS) is 2. The van der Waals surface area contributed by atoms with E-state index in [1.54, 1.807) is 17.8 Å². The van der Waals surface area contributed by atoms with Crippen molar-refractivity contribution in [3.63, 3.8) is 0 Å². The van der Waals surface area contributed by atoms with Gasteiger partial charge in [0.05, 0.1) is 11.8 Å². The molecule has 0 aliphatic carbocycles. The molecule has 1 aromatic heterocycles. The number of likely N-dealkylation sites (tertiary alicyclic amines) is 1. The SMILES string of the molecule is CCCOC1CCCN(Cc2cc(C(=O)O)nn2C)CC1.O=C(O)C(F)(F)F. The van der Waals surface area contributed by atoms with Crippen LogP contribution in [0.4, 0.5) is 13.2 Å². The molecule has 1 aliphatic heterocycles. The minimum Gasteiger partial charge on any atom is -0.476 e. The number of rotatable bonds is 6. The van der Waals surface area contributed by atoms with Gasteiger partial charge in [-0.3, -0.25) is 9.58 Å². The Morgan fingerprint density at radius 3 is 2.43 bits per heavy atom. The lowest BCUT2D eigenvalue weighted by atomic mass is 10.2.